The summed E-state index contributed by atoms with van der Waals surface area (Å²) in [4.78, 5) is 4.22. The summed E-state index contributed by atoms with van der Waals surface area (Å²) in [6.07, 6.45) is 1.73. The molecule has 2 rings (SSSR count). The van der Waals surface area contributed by atoms with E-state index >= 15 is 0 Å². The minimum Gasteiger partial charge on any atom is -0.337 e. The maximum Gasteiger partial charge on any atom is 0.243 e. The lowest BCUT2D eigenvalue weighted by molar-refractivity contribution is 0.348. The fraction of sp³-hybridized carbons (Fsp3) is 0.333. The van der Waals surface area contributed by atoms with E-state index in [1.54, 1.807) is 12.1 Å². The molecule has 0 aliphatic carbocycles. The molecule has 0 amide bonds. The van der Waals surface area contributed by atoms with Crippen LogP contribution < -0.4 is 5.73 Å². The molecule has 0 aliphatic rings. The highest BCUT2D eigenvalue weighted by Gasteiger charge is 2.15. The van der Waals surface area contributed by atoms with Crippen molar-refractivity contribution in [1.29, 1.82) is 0 Å². The van der Waals surface area contributed by atoms with Crippen LogP contribution in [0.3, 0.4) is 0 Å². The first-order valence-corrected chi connectivity index (χ1v) is 6.45. The van der Waals surface area contributed by atoms with E-state index in [0.29, 0.717) is 21.8 Å². The highest BCUT2D eigenvalue weighted by atomic mass is 79.9. The number of nitrogens with zero attached hydrogens (tertiary/aromatic N) is 2. The first kappa shape index (κ1) is 13.2. The summed E-state index contributed by atoms with van der Waals surface area (Å²) in [6.45, 7) is 2.04. The summed E-state index contributed by atoms with van der Waals surface area (Å²) in [7, 11) is 0. The van der Waals surface area contributed by atoms with E-state index in [9.17, 15) is 4.39 Å². The molecule has 0 saturated heterocycles. The second-order valence-corrected chi connectivity index (χ2v) is 4.83. The highest BCUT2D eigenvalue weighted by Crippen LogP contribution is 2.24. The second kappa shape index (κ2) is 5.58. The molecule has 4 nitrogen and oxygen atoms in total. The normalized spacial score (nSPS) is 12.7. The van der Waals surface area contributed by atoms with Gasteiger partial charge in [0.05, 0.1) is 10.5 Å². The van der Waals surface area contributed by atoms with Crippen LogP contribution in [0.4, 0.5) is 4.39 Å². The Labute approximate surface area is 113 Å². The van der Waals surface area contributed by atoms with Crippen LogP contribution >= 0.6 is 15.9 Å². The lowest BCUT2D eigenvalue weighted by Gasteiger charge is -2.02. The zero-order valence-electron chi connectivity index (χ0n) is 9.86. The van der Waals surface area contributed by atoms with Gasteiger partial charge in [0, 0.05) is 5.56 Å². The third-order valence-corrected chi connectivity index (χ3v) is 3.14. The number of nitrogens with two attached hydrogens (primary N) is 1. The zero-order valence-corrected chi connectivity index (χ0v) is 11.4. The Morgan fingerprint density at radius 2 is 2.28 bits per heavy atom. The maximum atomic E-state index is 13.1. The fourth-order valence-corrected chi connectivity index (χ4v) is 1.95. The molecule has 18 heavy (non-hydrogen) atoms. The van der Waals surface area contributed by atoms with E-state index in [-0.39, 0.29) is 11.9 Å². The molecule has 1 aromatic heterocycles. The van der Waals surface area contributed by atoms with Gasteiger partial charge in [-0.25, -0.2) is 4.39 Å². The van der Waals surface area contributed by atoms with Gasteiger partial charge in [-0.3, -0.25) is 0 Å². The Bertz CT molecular complexity index is 544. The molecule has 1 atom stereocenters. The third-order valence-electron chi connectivity index (χ3n) is 2.54. The number of benzene rings is 1. The van der Waals surface area contributed by atoms with Crippen LogP contribution in [0, 0.1) is 5.82 Å². The molecular formula is C12H13BrFN3O. The summed E-state index contributed by atoms with van der Waals surface area (Å²) >= 11 is 3.12. The number of halogens is 2. The Balaban J connectivity index is 2.26. The molecular weight excluding hydrogens is 301 g/mol. The predicted octanol–water partition coefficient (Wildman–Crippen LogP) is 3.44. The number of rotatable bonds is 4. The van der Waals surface area contributed by atoms with Crippen LogP contribution in [0.5, 0.6) is 0 Å². The molecule has 2 N–H and O–H groups in total. The predicted molar refractivity (Wildman–Crippen MR) is 69.2 cm³/mol. The van der Waals surface area contributed by atoms with Gasteiger partial charge in [-0.1, -0.05) is 18.5 Å². The van der Waals surface area contributed by atoms with Gasteiger partial charge in [0.25, 0.3) is 0 Å². The van der Waals surface area contributed by atoms with Crippen molar-refractivity contribution >= 4 is 15.9 Å². The minimum absolute atomic E-state index is 0.250. The van der Waals surface area contributed by atoms with Crippen molar-refractivity contribution in [3.05, 3.63) is 34.4 Å². The number of aromatic nitrogens is 2. The Morgan fingerprint density at radius 1 is 1.50 bits per heavy atom. The van der Waals surface area contributed by atoms with Gasteiger partial charge in [-0.2, -0.15) is 4.98 Å². The average Bonchev–Trinajstić information content (AvgIpc) is 2.82. The van der Waals surface area contributed by atoms with Gasteiger partial charge in [-0.05, 0) is 40.5 Å². The van der Waals surface area contributed by atoms with Gasteiger partial charge < -0.3 is 10.3 Å². The zero-order chi connectivity index (χ0) is 13.1. The van der Waals surface area contributed by atoms with E-state index in [4.69, 9.17) is 10.3 Å². The van der Waals surface area contributed by atoms with E-state index < -0.39 is 0 Å². The van der Waals surface area contributed by atoms with Gasteiger partial charge >= 0.3 is 0 Å². The largest absolute Gasteiger partial charge is 0.337 e. The first-order valence-electron chi connectivity index (χ1n) is 5.66. The van der Waals surface area contributed by atoms with Gasteiger partial charge in [-0.15, -0.1) is 0 Å². The Hall–Kier alpha value is -1.27. The topological polar surface area (TPSA) is 64.9 Å². The molecule has 0 spiro atoms. The van der Waals surface area contributed by atoms with Crippen molar-refractivity contribution < 1.29 is 8.91 Å². The molecule has 1 heterocycles. The summed E-state index contributed by atoms with van der Waals surface area (Å²) in [5.74, 6) is 0.495. The summed E-state index contributed by atoms with van der Waals surface area (Å²) in [5, 5.41) is 3.85. The van der Waals surface area contributed by atoms with Crippen molar-refractivity contribution in [3.8, 4) is 11.4 Å². The van der Waals surface area contributed by atoms with Crippen LogP contribution in [0.15, 0.2) is 27.2 Å². The summed E-state index contributed by atoms with van der Waals surface area (Å²) < 4.78 is 18.6. The molecule has 6 heteroatoms. The summed E-state index contributed by atoms with van der Waals surface area (Å²) in [5.41, 5.74) is 6.57. The standard InChI is InChI=1S/C12H13BrFN3O/c1-2-3-10(15)12-16-11(17-18-12)7-4-5-9(14)8(13)6-7/h4-6,10H,2-3,15H2,1H3. The van der Waals surface area contributed by atoms with Crippen molar-refractivity contribution in [2.24, 2.45) is 5.73 Å². The molecule has 1 aromatic carbocycles. The number of hydrogen-bond donors (Lipinski definition) is 1. The number of hydrogen-bond acceptors (Lipinski definition) is 4. The van der Waals surface area contributed by atoms with Crippen LogP contribution in [-0.2, 0) is 0 Å². The molecule has 1 unspecified atom stereocenters. The third kappa shape index (κ3) is 2.76. The van der Waals surface area contributed by atoms with Crippen molar-refractivity contribution in [2.75, 3.05) is 0 Å². The Morgan fingerprint density at radius 3 is 2.94 bits per heavy atom. The van der Waals surface area contributed by atoms with Crippen LogP contribution in [0.2, 0.25) is 0 Å². The minimum atomic E-state index is -0.329. The van der Waals surface area contributed by atoms with E-state index in [1.165, 1.54) is 6.07 Å². The lowest BCUT2D eigenvalue weighted by Crippen LogP contribution is -2.09. The van der Waals surface area contributed by atoms with Crippen LogP contribution in [-0.4, -0.2) is 10.1 Å². The molecule has 96 valence electrons. The highest BCUT2D eigenvalue weighted by molar-refractivity contribution is 9.10. The van der Waals surface area contributed by atoms with Crippen LogP contribution in [0.25, 0.3) is 11.4 Å². The average molecular weight is 314 g/mol. The molecule has 2 aromatic rings. The quantitative estimate of drug-likeness (QED) is 0.939. The van der Waals surface area contributed by atoms with Crippen molar-refractivity contribution in [3.63, 3.8) is 0 Å². The van der Waals surface area contributed by atoms with E-state index in [2.05, 4.69) is 26.1 Å². The van der Waals surface area contributed by atoms with Gasteiger partial charge in [0.1, 0.15) is 5.82 Å². The maximum absolute atomic E-state index is 13.1. The SMILES string of the molecule is CCCC(N)c1nc(-c2ccc(F)c(Br)c2)no1. The van der Waals surface area contributed by atoms with E-state index in [1.807, 2.05) is 6.92 Å². The van der Waals surface area contributed by atoms with Crippen LogP contribution in [0.1, 0.15) is 31.7 Å². The molecule has 0 fully saturated rings. The van der Waals surface area contributed by atoms with Crippen molar-refractivity contribution in [2.45, 2.75) is 25.8 Å². The first-order chi connectivity index (χ1) is 8.61. The monoisotopic (exact) mass is 313 g/mol. The smallest absolute Gasteiger partial charge is 0.243 e. The lowest BCUT2D eigenvalue weighted by atomic mass is 10.2. The molecule has 0 saturated carbocycles. The molecule has 0 bridgehead atoms. The Kier molecular flexibility index (Phi) is 4.08. The van der Waals surface area contributed by atoms with E-state index in [0.717, 1.165) is 12.8 Å². The fourth-order valence-electron chi connectivity index (χ4n) is 1.57. The molecule has 0 aliphatic heterocycles. The van der Waals surface area contributed by atoms with Gasteiger partial charge in [0.2, 0.25) is 11.7 Å². The van der Waals surface area contributed by atoms with Crippen molar-refractivity contribution in [1.82, 2.24) is 10.1 Å². The van der Waals surface area contributed by atoms with Gasteiger partial charge in [0.15, 0.2) is 0 Å². The molecule has 0 radical (unpaired) electrons. The summed E-state index contributed by atoms with van der Waals surface area (Å²) in [6, 6.07) is 4.30. The second-order valence-electron chi connectivity index (χ2n) is 3.98.